The molecule has 1 amide bonds. The van der Waals surface area contributed by atoms with Crippen LogP contribution in [0.5, 0.6) is 0 Å². The van der Waals surface area contributed by atoms with Crippen LogP contribution in [0.2, 0.25) is 0 Å². The summed E-state index contributed by atoms with van der Waals surface area (Å²) in [5.41, 5.74) is 0.849. The molecule has 4 rings (SSSR count). The topological polar surface area (TPSA) is 119 Å². The molecule has 2 aromatic rings. The predicted octanol–water partition coefficient (Wildman–Crippen LogP) is 5.62. The molecule has 0 atom stereocenters. The van der Waals surface area contributed by atoms with Gasteiger partial charge in [-0.05, 0) is 54.9 Å². The van der Waals surface area contributed by atoms with E-state index in [1.54, 1.807) is 24.3 Å². The van der Waals surface area contributed by atoms with Gasteiger partial charge in [0.05, 0.1) is 11.1 Å². The number of furan rings is 1. The Morgan fingerprint density at radius 3 is 2.82 bits per heavy atom. The van der Waals surface area contributed by atoms with Crippen molar-refractivity contribution in [2.45, 2.75) is 45.4 Å². The third kappa shape index (κ3) is 5.14. The minimum absolute atomic E-state index is 0.0377. The van der Waals surface area contributed by atoms with Crippen molar-refractivity contribution >= 4 is 45.8 Å². The van der Waals surface area contributed by atoms with Crippen LogP contribution in [-0.4, -0.2) is 38.0 Å². The molecular formula is C24H24N4O4S. The highest BCUT2D eigenvalue weighted by Crippen LogP contribution is 2.31. The van der Waals surface area contributed by atoms with Crippen LogP contribution in [0.4, 0.5) is 0 Å². The third-order valence-electron chi connectivity index (χ3n) is 5.30. The number of nitrogens with zero attached hydrogens (tertiary/aromatic N) is 3. The number of fused-ring (bicyclic) bond motifs is 1. The maximum atomic E-state index is 12.6. The van der Waals surface area contributed by atoms with Gasteiger partial charge in [0.15, 0.2) is 5.84 Å². The van der Waals surface area contributed by atoms with E-state index < -0.39 is 11.9 Å². The first kappa shape index (κ1) is 22.7. The van der Waals surface area contributed by atoms with Crippen LogP contribution in [0.3, 0.4) is 0 Å². The number of benzene rings is 1. The van der Waals surface area contributed by atoms with Gasteiger partial charge in [0.25, 0.3) is 5.91 Å². The van der Waals surface area contributed by atoms with E-state index in [0.29, 0.717) is 22.3 Å². The van der Waals surface area contributed by atoms with E-state index in [-0.39, 0.29) is 17.0 Å². The largest absolute Gasteiger partial charge is 0.478 e. The number of aliphatic imine (C=N–C) groups is 1. The van der Waals surface area contributed by atoms with Gasteiger partial charge in [0.2, 0.25) is 5.17 Å². The van der Waals surface area contributed by atoms with Crippen molar-refractivity contribution in [3.8, 4) is 11.3 Å². The number of hydrazone groups is 1. The van der Waals surface area contributed by atoms with Crippen LogP contribution in [0, 0.1) is 5.41 Å². The summed E-state index contributed by atoms with van der Waals surface area (Å²) >= 11 is 1.34. The summed E-state index contributed by atoms with van der Waals surface area (Å²) in [6, 6.07) is 9.76. The number of unbranched alkanes of at least 4 members (excludes halogenated alkanes) is 4. The zero-order valence-corrected chi connectivity index (χ0v) is 19.0. The number of hydrogen-bond acceptors (Lipinski definition) is 6. The average Bonchev–Trinajstić information content (AvgIpc) is 3.44. The third-order valence-corrected chi connectivity index (χ3v) is 6.27. The van der Waals surface area contributed by atoms with Crippen LogP contribution in [0.1, 0.15) is 61.6 Å². The Labute approximate surface area is 195 Å². The lowest BCUT2D eigenvalue weighted by Gasteiger charge is -2.19. The van der Waals surface area contributed by atoms with Gasteiger partial charge in [0.1, 0.15) is 16.6 Å². The van der Waals surface area contributed by atoms with Gasteiger partial charge in [0, 0.05) is 5.56 Å². The van der Waals surface area contributed by atoms with E-state index in [0.717, 1.165) is 24.3 Å². The summed E-state index contributed by atoms with van der Waals surface area (Å²) in [7, 11) is 0. The number of amides is 1. The van der Waals surface area contributed by atoms with Gasteiger partial charge in [-0.3, -0.25) is 10.2 Å². The predicted molar refractivity (Wildman–Crippen MR) is 129 cm³/mol. The zero-order chi connectivity index (χ0) is 23.4. The van der Waals surface area contributed by atoms with Crippen molar-refractivity contribution in [3.05, 3.63) is 53.3 Å². The summed E-state index contributed by atoms with van der Waals surface area (Å²) in [5.74, 6) is -0.744. The molecule has 2 aliphatic heterocycles. The van der Waals surface area contributed by atoms with Crippen LogP contribution in [-0.2, 0) is 4.79 Å². The molecule has 0 saturated heterocycles. The second kappa shape index (κ2) is 9.99. The molecule has 0 fully saturated rings. The van der Waals surface area contributed by atoms with Gasteiger partial charge in [-0.2, -0.15) is 15.1 Å². The molecule has 0 spiro atoms. The molecule has 0 bridgehead atoms. The Bertz CT molecular complexity index is 1190. The number of carbonyl (C=O) groups is 2. The van der Waals surface area contributed by atoms with Crippen molar-refractivity contribution in [1.29, 1.82) is 5.41 Å². The van der Waals surface area contributed by atoms with Crippen molar-refractivity contribution in [2.75, 3.05) is 0 Å². The normalized spacial score (nSPS) is 16.8. The summed E-state index contributed by atoms with van der Waals surface area (Å²) in [6.07, 6.45) is 8.06. The van der Waals surface area contributed by atoms with Gasteiger partial charge in [-0.1, -0.05) is 44.7 Å². The highest BCUT2D eigenvalue weighted by molar-refractivity contribution is 8.26. The Kier molecular flexibility index (Phi) is 6.88. The Hall–Kier alpha value is -3.46. The molecular weight excluding hydrogens is 440 g/mol. The van der Waals surface area contributed by atoms with Crippen molar-refractivity contribution < 1.29 is 19.1 Å². The molecule has 33 heavy (non-hydrogen) atoms. The zero-order valence-electron chi connectivity index (χ0n) is 18.2. The maximum absolute atomic E-state index is 12.6. The first-order valence-corrected chi connectivity index (χ1v) is 11.7. The number of nitrogens with one attached hydrogen (secondary N) is 1. The van der Waals surface area contributed by atoms with E-state index in [9.17, 15) is 14.7 Å². The Balaban J connectivity index is 1.49. The number of thioether (sulfide) groups is 1. The first-order chi connectivity index (χ1) is 16.0. The van der Waals surface area contributed by atoms with Gasteiger partial charge < -0.3 is 9.52 Å². The van der Waals surface area contributed by atoms with Crippen LogP contribution in [0.15, 0.2) is 56.5 Å². The molecule has 2 aliphatic rings. The molecule has 0 aliphatic carbocycles. The minimum Gasteiger partial charge on any atom is -0.478 e. The van der Waals surface area contributed by atoms with Crippen molar-refractivity contribution in [3.63, 3.8) is 0 Å². The molecule has 170 valence electrons. The van der Waals surface area contributed by atoms with Crippen LogP contribution >= 0.6 is 11.8 Å². The lowest BCUT2D eigenvalue weighted by Crippen LogP contribution is -2.35. The van der Waals surface area contributed by atoms with E-state index in [2.05, 4.69) is 17.0 Å². The van der Waals surface area contributed by atoms with E-state index in [1.807, 2.05) is 0 Å². The van der Waals surface area contributed by atoms with Crippen molar-refractivity contribution in [1.82, 2.24) is 5.01 Å². The number of hydrogen-bond donors (Lipinski definition) is 2. The highest BCUT2D eigenvalue weighted by atomic mass is 32.2. The molecule has 1 aromatic carbocycles. The summed E-state index contributed by atoms with van der Waals surface area (Å²) in [4.78, 5) is 27.9. The Morgan fingerprint density at radius 2 is 2.03 bits per heavy atom. The number of carboxylic acids is 1. The van der Waals surface area contributed by atoms with Gasteiger partial charge in [-0.25, -0.2) is 4.79 Å². The van der Waals surface area contributed by atoms with Gasteiger partial charge in [-0.15, -0.1) is 0 Å². The minimum atomic E-state index is -1.02. The molecule has 0 radical (unpaired) electrons. The number of rotatable bonds is 9. The molecule has 9 heteroatoms. The summed E-state index contributed by atoms with van der Waals surface area (Å²) < 4.78 is 5.80. The molecule has 2 N–H and O–H groups in total. The fourth-order valence-electron chi connectivity index (χ4n) is 3.55. The standard InChI is InChI=1S/C24H24N4O4S/c1-2-3-4-5-6-10-20-27-28-21(25)18(22(29)26-24(28)33-20)14-17-11-12-19(32-17)15-8-7-9-16(13-15)23(30)31/h7-9,11-14,25H,2-6,10H2,1H3,(H,30,31). The maximum Gasteiger partial charge on any atom is 0.335 e. The second-order valence-corrected chi connectivity index (χ2v) is 8.81. The van der Waals surface area contributed by atoms with Crippen molar-refractivity contribution in [2.24, 2.45) is 10.1 Å². The quantitative estimate of drug-likeness (QED) is 0.367. The molecule has 0 saturated carbocycles. The first-order valence-electron chi connectivity index (χ1n) is 10.9. The number of carboxylic acid groups (broad SMARTS) is 1. The lowest BCUT2D eigenvalue weighted by molar-refractivity contribution is -0.114. The number of aromatic carboxylic acids is 1. The lowest BCUT2D eigenvalue weighted by atomic mass is 10.1. The number of carbonyl (C=O) groups excluding carboxylic acids is 1. The molecule has 3 heterocycles. The summed E-state index contributed by atoms with van der Waals surface area (Å²) in [6.45, 7) is 2.18. The van der Waals surface area contributed by atoms with E-state index in [4.69, 9.17) is 9.83 Å². The highest BCUT2D eigenvalue weighted by Gasteiger charge is 2.35. The SMILES string of the molecule is CCCCCCCC1=NN2C(=N)C(=Cc3ccc(-c4cccc(C(=O)O)c4)o3)C(=O)N=C2S1. The fraction of sp³-hybridized carbons (Fsp3) is 0.292. The summed E-state index contributed by atoms with van der Waals surface area (Å²) in [5, 5.41) is 24.8. The van der Waals surface area contributed by atoms with E-state index >= 15 is 0 Å². The van der Waals surface area contributed by atoms with Crippen LogP contribution in [0.25, 0.3) is 17.4 Å². The molecule has 0 unspecified atom stereocenters. The second-order valence-electron chi connectivity index (χ2n) is 7.77. The number of amidine groups is 2. The monoisotopic (exact) mass is 464 g/mol. The van der Waals surface area contributed by atoms with Crippen LogP contribution < -0.4 is 0 Å². The molecule has 8 nitrogen and oxygen atoms in total. The molecule has 1 aromatic heterocycles. The van der Waals surface area contributed by atoms with E-state index in [1.165, 1.54) is 54.2 Å². The average molecular weight is 465 g/mol. The van der Waals surface area contributed by atoms with Gasteiger partial charge >= 0.3 is 5.97 Å². The fourth-order valence-corrected chi connectivity index (χ4v) is 4.47. The smallest absolute Gasteiger partial charge is 0.335 e. The Morgan fingerprint density at radius 1 is 1.21 bits per heavy atom.